The molecule has 25 heavy (non-hydrogen) atoms. The van der Waals surface area contributed by atoms with Gasteiger partial charge in [0.2, 0.25) is 0 Å². The Bertz CT molecular complexity index is 944. The highest BCUT2D eigenvalue weighted by Crippen LogP contribution is 2.25. The third kappa shape index (κ3) is 3.95. The number of carbonyl (C=O) groups is 1. The van der Waals surface area contributed by atoms with Crippen LogP contribution in [0.5, 0.6) is 11.5 Å². The first-order chi connectivity index (χ1) is 12.1. The Balaban J connectivity index is 1.87. The number of carbonyl (C=O) groups excluding carboxylic acids is 1. The van der Waals surface area contributed by atoms with E-state index in [-0.39, 0.29) is 17.2 Å². The summed E-state index contributed by atoms with van der Waals surface area (Å²) in [5.74, 6) is 1.32. The van der Waals surface area contributed by atoms with Gasteiger partial charge in [-0.05, 0) is 55.5 Å². The molecule has 7 heteroatoms. The average molecular weight is 356 g/mol. The summed E-state index contributed by atoms with van der Waals surface area (Å²) in [6.45, 7) is 1.99. The average Bonchev–Trinajstić information content (AvgIpc) is 3.05. The van der Waals surface area contributed by atoms with E-state index in [9.17, 15) is 4.79 Å². The first kappa shape index (κ1) is 16.9. The van der Waals surface area contributed by atoms with Crippen molar-refractivity contribution in [2.24, 2.45) is 0 Å². The van der Waals surface area contributed by atoms with E-state index in [0.29, 0.717) is 28.5 Å². The maximum Gasteiger partial charge on any atom is 0.284 e. The number of benzene rings is 2. The normalized spacial score (nSPS) is 10.5. The predicted octanol–water partition coefficient (Wildman–Crippen LogP) is 3.86. The lowest BCUT2D eigenvalue weighted by molar-refractivity contribution is 0.103. The van der Waals surface area contributed by atoms with Crippen LogP contribution < -0.4 is 9.47 Å². The van der Waals surface area contributed by atoms with Crippen LogP contribution in [0, 0.1) is 11.8 Å². The molecule has 1 aromatic heterocycles. The highest BCUT2D eigenvalue weighted by molar-refractivity contribution is 7.71. The summed E-state index contributed by atoms with van der Waals surface area (Å²) in [6, 6.07) is 12.4. The molecule has 1 heterocycles. The third-order valence-corrected chi connectivity index (χ3v) is 3.74. The van der Waals surface area contributed by atoms with Crippen molar-refractivity contribution in [3.63, 3.8) is 0 Å². The molecule has 0 aliphatic carbocycles. The van der Waals surface area contributed by atoms with E-state index in [0.717, 1.165) is 5.56 Å². The number of rotatable bonds is 6. The minimum atomic E-state index is -0.135. The van der Waals surface area contributed by atoms with Gasteiger partial charge in [-0.2, -0.15) is 0 Å². The second kappa shape index (κ2) is 7.31. The van der Waals surface area contributed by atoms with Crippen LogP contribution in [0.1, 0.15) is 27.4 Å². The van der Waals surface area contributed by atoms with Gasteiger partial charge in [0.05, 0.1) is 12.7 Å². The molecule has 6 nitrogen and oxygen atoms in total. The summed E-state index contributed by atoms with van der Waals surface area (Å²) in [4.78, 5) is 13.0. The minimum Gasteiger partial charge on any atom is -0.497 e. The molecule has 128 valence electrons. The van der Waals surface area contributed by atoms with Crippen molar-refractivity contribution in [1.29, 1.82) is 0 Å². The van der Waals surface area contributed by atoms with Crippen LogP contribution in [0.2, 0.25) is 0 Å². The molecule has 0 aliphatic rings. The number of ether oxygens (including phenoxy) is 2. The molecule has 0 atom stereocenters. The zero-order chi connectivity index (χ0) is 17.8. The Morgan fingerprint density at radius 3 is 2.64 bits per heavy atom. The van der Waals surface area contributed by atoms with E-state index in [1.807, 2.05) is 13.0 Å². The fourth-order valence-electron chi connectivity index (χ4n) is 2.31. The van der Waals surface area contributed by atoms with Gasteiger partial charge >= 0.3 is 0 Å². The van der Waals surface area contributed by atoms with Crippen LogP contribution in [0.15, 0.2) is 46.9 Å². The molecule has 0 bridgehead atoms. The summed E-state index contributed by atoms with van der Waals surface area (Å²) in [5, 5.41) is 6.41. The summed E-state index contributed by atoms with van der Waals surface area (Å²) in [6.07, 6.45) is 0. The standard InChI is InChI=1S/C18H16N2O4S/c1-11-3-8-15(23-10-16-19-20-18(25)24-16)14(9-11)17(21)12-4-6-13(22-2)7-5-12/h3-9H,10H2,1-2H3,(H,20,25). The smallest absolute Gasteiger partial charge is 0.284 e. The molecule has 3 aromatic rings. The predicted molar refractivity (Wildman–Crippen MR) is 93.6 cm³/mol. The van der Waals surface area contributed by atoms with Gasteiger partial charge in [-0.15, -0.1) is 5.10 Å². The van der Waals surface area contributed by atoms with E-state index in [1.165, 1.54) is 0 Å². The van der Waals surface area contributed by atoms with Gasteiger partial charge in [-0.3, -0.25) is 4.79 Å². The Hall–Kier alpha value is -2.93. The van der Waals surface area contributed by atoms with E-state index in [4.69, 9.17) is 26.1 Å². The Labute approximate surface area is 149 Å². The topological polar surface area (TPSA) is 77.4 Å². The van der Waals surface area contributed by atoms with Crippen molar-refractivity contribution in [3.8, 4) is 11.5 Å². The van der Waals surface area contributed by atoms with Crippen LogP contribution >= 0.6 is 12.2 Å². The van der Waals surface area contributed by atoms with Crippen LogP contribution in [0.3, 0.4) is 0 Å². The lowest BCUT2D eigenvalue weighted by Crippen LogP contribution is -2.06. The van der Waals surface area contributed by atoms with Crippen LogP contribution in [0.25, 0.3) is 0 Å². The first-order valence-corrected chi connectivity index (χ1v) is 7.94. The lowest BCUT2D eigenvalue weighted by atomic mass is 10.0. The largest absolute Gasteiger partial charge is 0.497 e. The number of methoxy groups -OCH3 is 1. The second-order valence-corrected chi connectivity index (χ2v) is 5.72. The minimum absolute atomic E-state index is 0.0685. The van der Waals surface area contributed by atoms with Crippen molar-refractivity contribution >= 4 is 18.0 Å². The fraction of sp³-hybridized carbons (Fsp3) is 0.167. The van der Waals surface area contributed by atoms with Gasteiger partial charge in [0.25, 0.3) is 10.7 Å². The van der Waals surface area contributed by atoms with Crippen molar-refractivity contribution < 1.29 is 18.7 Å². The van der Waals surface area contributed by atoms with Gasteiger partial charge in [0, 0.05) is 5.56 Å². The molecule has 0 unspecified atom stereocenters. The number of ketones is 1. The highest BCUT2D eigenvalue weighted by atomic mass is 32.1. The Morgan fingerprint density at radius 2 is 2.00 bits per heavy atom. The number of hydrogen-bond acceptors (Lipinski definition) is 6. The van der Waals surface area contributed by atoms with E-state index >= 15 is 0 Å². The number of aromatic nitrogens is 2. The fourth-order valence-corrected chi connectivity index (χ4v) is 2.45. The molecule has 0 amide bonds. The maximum atomic E-state index is 12.9. The number of nitrogens with one attached hydrogen (secondary N) is 1. The van der Waals surface area contributed by atoms with Gasteiger partial charge in [0.15, 0.2) is 12.4 Å². The summed E-state index contributed by atoms with van der Waals surface area (Å²) in [5.41, 5.74) is 1.98. The number of aromatic amines is 1. The number of aryl methyl sites for hydroxylation is 1. The van der Waals surface area contributed by atoms with Crippen LogP contribution in [0.4, 0.5) is 0 Å². The van der Waals surface area contributed by atoms with E-state index in [1.54, 1.807) is 43.5 Å². The quantitative estimate of drug-likeness (QED) is 0.534. The van der Waals surface area contributed by atoms with Crippen molar-refractivity contribution in [1.82, 2.24) is 10.2 Å². The van der Waals surface area contributed by atoms with Crippen LogP contribution in [-0.4, -0.2) is 23.1 Å². The second-order valence-electron chi connectivity index (χ2n) is 5.35. The molecule has 3 rings (SSSR count). The number of nitrogens with zero attached hydrogens (tertiary/aromatic N) is 1. The van der Waals surface area contributed by atoms with Gasteiger partial charge in [-0.1, -0.05) is 11.6 Å². The summed E-state index contributed by atoms with van der Waals surface area (Å²) >= 11 is 4.83. The zero-order valence-corrected chi connectivity index (χ0v) is 14.6. The monoisotopic (exact) mass is 356 g/mol. The molecule has 0 saturated heterocycles. The molecule has 0 aliphatic heterocycles. The maximum absolute atomic E-state index is 12.9. The van der Waals surface area contributed by atoms with Crippen molar-refractivity contribution in [3.05, 3.63) is 69.9 Å². The lowest BCUT2D eigenvalue weighted by Gasteiger charge is -2.11. The van der Waals surface area contributed by atoms with Gasteiger partial charge < -0.3 is 13.9 Å². The zero-order valence-electron chi connectivity index (χ0n) is 13.7. The molecular weight excluding hydrogens is 340 g/mol. The molecule has 2 aromatic carbocycles. The summed E-state index contributed by atoms with van der Waals surface area (Å²) < 4.78 is 16.0. The van der Waals surface area contributed by atoms with Crippen LogP contribution in [-0.2, 0) is 6.61 Å². The Kier molecular flexibility index (Phi) is 4.95. The molecule has 0 saturated carbocycles. The third-order valence-electron chi connectivity index (χ3n) is 3.57. The highest BCUT2D eigenvalue weighted by Gasteiger charge is 2.16. The first-order valence-electron chi connectivity index (χ1n) is 7.53. The van der Waals surface area contributed by atoms with Crippen molar-refractivity contribution in [2.45, 2.75) is 13.5 Å². The molecule has 0 spiro atoms. The molecule has 0 fully saturated rings. The Morgan fingerprint density at radius 1 is 1.24 bits per heavy atom. The van der Waals surface area contributed by atoms with E-state index in [2.05, 4.69) is 10.2 Å². The molecule has 1 N–H and O–H groups in total. The van der Waals surface area contributed by atoms with Crippen molar-refractivity contribution in [2.75, 3.05) is 7.11 Å². The van der Waals surface area contributed by atoms with E-state index < -0.39 is 0 Å². The number of hydrogen-bond donors (Lipinski definition) is 1. The molecule has 0 radical (unpaired) electrons. The van der Waals surface area contributed by atoms with Gasteiger partial charge in [-0.25, -0.2) is 5.10 Å². The summed E-state index contributed by atoms with van der Waals surface area (Å²) in [7, 11) is 1.58. The SMILES string of the molecule is COc1ccc(C(=O)c2cc(C)ccc2OCc2n[nH]c(=S)o2)cc1. The number of H-pyrrole nitrogens is 1. The molecular formula is C18H16N2O4S. The van der Waals surface area contributed by atoms with Gasteiger partial charge in [0.1, 0.15) is 11.5 Å².